The van der Waals surface area contributed by atoms with Crippen LogP contribution in [0, 0.1) is 5.92 Å². The normalized spacial score (nSPS) is 12.7. The van der Waals surface area contributed by atoms with Gasteiger partial charge in [0, 0.05) is 11.7 Å². The van der Waals surface area contributed by atoms with Crippen LogP contribution in [0.25, 0.3) is 5.69 Å². The molecule has 4 heteroatoms. The van der Waals surface area contributed by atoms with Gasteiger partial charge in [-0.15, -0.1) is 0 Å². The molecule has 1 aromatic heterocycles. The molecular formula is C14H20N4. The summed E-state index contributed by atoms with van der Waals surface area (Å²) in [7, 11) is 0. The van der Waals surface area contributed by atoms with Gasteiger partial charge in [-0.25, -0.2) is 9.67 Å². The van der Waals surface area contributed by atoms with Gasteiger partial charge in [0.05, 0.1) is 5.69 Å². The predicted octanol–water partition coefficient (Wildman–Crippen LogP) is 3.11. The first-order chi connectivity index (χ1) is 8.70. The van der Waals surface area contributed by atoms with Crippen LogP contribution in [0.1, 0.15) is 27.2 Å². The van der Waals surface area contributed by atoms with E-state index in [0.29, 0.717) is 12.0 Å². The Bertz CT molecular complexity index is 459. The number of nitrogens with one attached hydrogen (secondary N) is 1. The number of rotatable bonds is 5. The highest BCUT2D eigenvalue weighted by Gasteiger charge is 2.10. The smallest absolute Gasteiger partial charge is 0.138 e. The van der Waals surface area contributed by atoms with Gasteiger partial charge < -0.3 is 5.32 Å². The van der Waals surface area contributed by atoms with E-state index in [9.17, 15) is 0 Å². The zero-order valence-corrected chi connectivity index (χ0v) is 11.2. The minimum Gasteiger partial charge on any atom is -0.382 e. The van der Waals surface area contributed by atoms with Crippen LogP contribution in [-0.2, 0) is 0 Å². The van der Waals surface area contributed by atoms with Gasteiger partial charge in [0.1, 0.15) is 12.7 Å². The first-order valence-electron chi connectivity index (χ1n) is 6.42. The maximum atomic E-state index is 4.11. The second-order valence-corrected chi connectivity index (χ2v) is 4.79. The van der Waals surface area contributed by atoms with Crippen LogP contribution in [0.3, 0.4) is 0 Å². The lowest BCUT2D eigenvalue weighted by Gasteiger charge is -2.22. The minimum absolute atomic E-state index is 0.516. The van der Waals surface area contributed by atoms with Crippen molar-refractivity contribution in [2.75, 3.05) is 5.32 Å². The molecule has 2 aromatic rings. The lowest BCUT2D eigenvalue weighted by Crippen LogP contribution is -2.24. The van der Waals surface area contributed by atoms with Crippen molar-refractivity contribution in [1.82, 2.24) is 14.8 Å². The fraction of sp³-hybridized carbons (Fsp3) is 0.429. The third kappa shape index (κ3) is 2.88. The summed E-state index contributed by atoms with van der Waals surface area (Å²) in [5.74, 6) is 0.630. The van der Waals surface area contributed by atoms with Gasteiger partial charge in [0.15, 0.2) is 0 Å². The fourth-order valence-electron chi connectivity index (χ4n) is 2.01. The SMILES string of the molecule is CCC(Nc1ccc(-n2cncn2)cc1)C(C)C. The Morgan fingerprint density at radius 1 is 1.22 bits per heavy atom. The van der Waals surface area contributed by atoms with Gasteiger partial charge in [0.25, 0.3) is 0 Å². The summed E-state index contributed by atoms with van der Waals surface area (Å²) in [6.07, 6.45) is 4.37. The van der Waals surface area contributed by atoms with E-state index >= 15 is 0 Å². The first-order valence-corrected chi connectivity index (χ1v) is 6.42. The molecule has 0 amide bonds. The summed E-state index contributed by atoms with van der Waals surface area (Å²) in [5, 5.41) is 7.66. The Balaban J connectivity index is 2.08. The van der Waals surface area contributed by atoms with Crippen LogP contribution in [0.15, 0.2) is 36.9 Å². The Hall–Kier alpha value is -1.84. The molecule has 18 heavy (non-hydrogen) atoms. The quantitative estimate of drug-likeness (QED) is 0.878. The Kier molecular flexibility index (Phi) is 3.97. The second-order valence-electron chi connectivity index (χ2n) is 4.79. The number of nitrogens with zero attached hydrogens (tertiary/aromatic N) is 3. The molecule has 0 bridgehead atoms. The molecule has 1 heterocycles. The van der Waals surface area contributed by atoms with Crippen LogP contribution in [0.5, 0.6) is 0 Å². The predicted molar refractivity (Wildman–Crippen MR) is 73.9 cm³/mol. The number of hydrogen-bond acceptors (Lipinski definition) is 3. The van der Waals surface area contributed by atoms with Gasteiger partial charge in [0.2, 0.25) is 0 Å². The summed E-state index contributed by atoms with van der Waals surface area (Å²) in [5.41, 5.74) is 2.18. The number of aromatic nitrogens is 3. The number of benzene rings is 1. The van der Waals surface area contributed by atoms with Gasteiger partial charge in [-0.2, -0.15) is 5.10 Å². The van der Waals surface area contributed by atoms with Crippen LogP contribution in [0.2, 0.25) is 0 Å². The number of hydrogen-bond donors (Lipinski definition) is 1. The minimum atomic E-state index is 0.516. The van der Waals surface area contributed by atoms with Crippen LogP contribution in [0.4, 0.5) is 5.69 Å². The largest absolute Gasteiger partial charge is 0.382 e. The van der Waals surface area contributed by atoms with Crippen molar-refractivity contribution in [1.29, 1.82) is 0 Å². The van der Waals surface area contributed by atoms with E-state index in [1.54, 1.807) is 11.0 Å². The van der Waals surface area contributed by atoms with Crippen LogP contribution in [-0.4, -0.2) is 20.8 Å². The van der Waals surface area contributed by atoms with Crippen molar-refractivity contribution in [2.45, 2.75) is 33.2 Å². The van der Waals surface area contributed by atoms with Gasteiger partial charge in [-0.3, -0.25) is 0 Å². The Labute approximate surface area is 108 Å². The molecule has 0 aliphatic heterocycles. The lowest BCUT2D eigenvalue weighted by atomic mass is 10.0. The van der Waals surface area contributed by atoms with Crippen molar-refractivity contribution in [3.05, 3.63) is 36.9 Å². The first kappa shape index (κ1) is 12.6. The summed E-state index contributed by atoms with van der Waals surface area (Å²) in [6.45, 7) is 6.69. The molecule has 0 saturated carbocycles. The van der Waals surface area contributed by atoms with E-state index in [0.717, 1.165) is 17.8 Å². The lowest BCUT2D eigenvalue weighted by molar-refractivity contribution is 0.511. The molecule has 1 aromatic carbocycles. The molecule has 1 unspecified atom stereocenters. The maximum Gasteiger partial charge on any atom is 0.138 e. The average Bonchev–Trinajstić information content (AvgIpc) is 2.90. The van der Waals surface area contributed by atoms with Gasteiger partial charge >= 0.3 is 0 Å². The Morgan fingerprint density at radius 2 is 1.94 bits per heavy atom. The van der Waals surface area contributed by atoms with Crippen molar-refractivity contribution >= 4 is 5.69 Å². The molecule has 1 N–H and O–H groups in total. The average molecular weight is 244 g/mol. The third-order valence-corrected chi connectivity index (χ3v) is 3.15. The molecule has 0 spiro atoms. The summed E-state index contributed by atoms with van der Waals surface area (Å²) in [6, 6.07) is 8.78. The van der Waals surface area contributed by atoms with E-state index in [4.69, 9.17) is 0 Å². The van der Waals surface area contributed by atoms with E-state index in [1.165, 1.54) is 6.33 Å². The highest BCUT2D eigenvalue weighted by Crippen LogP contribution is 2.17. The van der Waals surface area contributed by atoms with Crippen LogP contribution < -0.4 is 5.32 Å². The zero-order chi connectivity index (χ0) is 13.0. The summed E-state index contributed by atoms with van der Waals surface area (Å²) in [4.78, 5) is 3.94. The second kappa shape index (κ2) is 5.67. The molecule has 2 rings (SSSR count). The third-order valence-electron chi connectivity index (χ3n) is 3.15. The molecule has 96 valence electrons. The Morgan fingerprint density at radius 3 is 2.44 bits per heavy atom. The van der Waals surface area contributed by atoms with Crippen molar-refractivity contribution < 1.29 is 0 Å². The monoisotopic (exact) mass is 244 g/mol. The highest BCUT2D eigenvalue weighted by molar-refractivity contribution is 5.49. The van der Waals surface area contributed by atoms with Crippen molar-refractivity contribution in [3.8, 4) is 5.69 Å². The van der Waals surface area contributed by atoms with E-state index in [2.05, 4.69) is 48.3 Å². The molecule has 0 saturated heterocycles. The van der Waals surface area contributed by atoms with Gasteiger partial charge in [-0.1, -0.05) is 20.8 Å². The molecule has 1 atom stereocenters. The molecular weight excluding hydrogens is 224 g/mol. The highest BCUT2D eigenvalue weighted by atomic mass is 15.3. The summed E-state index contributed by atoms with van der Waals surface area (Å²) < 4.78 is 1.75. The fourth-order valence-corrected chi connectivity index (χ4v) is 2.01. The molecule has 0 aliphatic rings. The van der Waals surface area contributed by atoms with Gasteiger partial charge in [-0.05, 0) is 36.6 Å². The molecule has 0 aliphatic carbocycles. The summed E-state index contributed by atoms with van der Waals surface area (Å²) >= 11 is 0. The standard InChI is InChI=1S/C14H20N4/c1-4-14(11(2)3)17-12-5-7-13(8-6-12)18-10-15-9-16-18/h5-11,14,17H,4H2,1-3H3. The molecule has 0 fully saturated rings. The van der Waals surface area contributed by atoms with E-state index in [-0.39, 0.29) is 0 Å². The zero-order valence-electron chi connectivity index (χ0n) is 11.2. The number of anilines is 1. The van der Waals surface area contributed by atoms with E-state index in [1.807, 2.05) is 12.1 Å². The maximum absolute atomic E-state index is 4.11. The topological polar surface area (TPSA) is 42.7 Å². The molecule has 0 radical (unpaired) electrons. The van der Waals surface area contributed by atoms with Crippen LogP contribution >= 0.6 is 0 Å². The van der Waals surface area contributed by atoms with Crippen molar-refractivity contribution in [3.63, 3.8) is 0 Å². The van der Waals surface area contributed by atoms with Crippen molar-refractivity contribution in [2.24, 2.45) is 5.92 Å². The van der Waals surface area contributed by atoms with E-state index < -0.39 is 0 Å². The molecule has 4 nitrogen and oxygen atoms in total.